The van der Waals surface area contributed by atoms with E-state index in [1.165, 1.54) is 4.57 Å². The molecule has 3 N–H and O–H groups in total. The molecule has 0 aliphatic carbocycles. The lowest BCUT2D eigenvalue weighted by atomic mass is 9.83. The molecule has 8 nitrogen and oxygen atoms in total. The van der Waals surface area contributed by atoms with Gasteiger partial charge in [-0.3, -0.25) is 4.79 Å². The van der Waals surface area contributed by atoms with Crippen LogP contribution < -0.4 is 20.8 Å². The smallest absolute Gasteiger partial charge is 0.341 e. The van der Waals surface area contributed by atoms with E-state index in [-0.39, 0.29) is 17.0 Å². The van der Waals surface area contributed by atoms with Crippen LogP contribution in [0, 0.1) is 11.3 Å². The quantitative estimate of drug-likeness (QED) is 0.684. The Morgan fingerprint density at radius 2 is 1.97 bits per heavy atom. The second kappa shape index (κ2) is 7.29. The number of carbonyl (C=O) groups is 1. The number of allylic oxidation sites excluding steroid dienone is 1. The number of hydrogen-bond donors (Lipinski definition) is 2. The number of nitrogens with zero attached hydrogens (tertiary/aromatic N) is 2. The van der Waals surface area contributed by atoms with E-state index in [1.807, 2.05) is 24.3 Å². The van der Waals surface area contributed by atoms with Gasteiger partial charge in [0.2, 0.25) is 5.88 Å². The average Bonchev–Trinajstić information content (AvgIpc) is 2.75. The van der Waals surface area contributed by atoms with Crippen LogP contribution in [0.3, 0.4) is 0 Å². The summed E-state index contributed by atoms with van der Waals surface area (Å²) in [4.78, 5) is 23.9. The molecule has 150 valence electrons. The van der Waals surface area contributed by atoms with E-state index in [2.05, 4.69) is 6.07 Å². The summed E-state index contributed by atoms with van der Waals surface area (Å²) >= 11 is 0. The fraction of sp³-hybridized carbons (Fsp3) is 0.136. The molecule has 8 heteroatoms. The molecule has 1 aliphatic rings. The first-order valence-electron chi connectivity index (χ1n) is 9.06. The molecule has 0 radical (unpaired) electrons. The number of nitrogens with two attached hydrogens (primary N) is 1. The molecule has 30 heavy (non-hydrogen) atoms. The number of para-hydroxylation sites is 1. The average molecular weight is 403 g/mol. The van der Waals surface area contributed by atoms with Gasteiger partial charge in [-0.1, -0.05) is 24.3 Å². The maximum absolute atomic E-state index is 13.2. The lowest BCUT2D eigenvalue weighted by Gasteiger charge is -2.27. The van der Waals surface area contributed by atoms with E-state index in [4.69, 9.17) is 20.3 Å². The normalized spacial score (nSPS) is 15.3. The number of aromatic nitrogens is 1. The molecule has 4 rings (SSSR count). The predicted molar refractivity (Wildman–Crippen MR) is 108 cm³/mol. The molecule has 0 spiro atoms. The zero-order valence-corrected chi connectivity index (χ0v) is 16.0. The zero-order chi connectivity index (χ0) is 21.4. The summed E-state index contributed by atoms with van der Waals surface area (Å²) in [5.41, 5.74) is 7.54. The third-order valence-corrected chi connectivity index (χ3v) is 5.04. The number of fused-ring (bicyclic) bond motifs is 3. The topological polar surface area (TPSA) is 128 Å². The number of carboxylic acids is 1. The molecule has 0 bridgehead atoms. The van der Waals surface area contributed by atoms with Crippen LogP contribution in [0.4, 0.5) is 0 Å². The largest absolute Gasteiger partial charge is 0.482 e. The van der Waals surface area contributed by atoms with Crippen molar-refractivity contribution in [2.75, 3.05) is 6.61 Å². The number of nitriles is 1. The van der Waals surface area contributed by atoms with Crippen LogP contribution in [0.1, 0.15) is 17.0 Å². The van der Waals surface area contributed by atoms with Gasteiger partial charge in [0, 0.05) is 12.4 Å². The van der Waals surface area contributed by atoms with Crippen molar-refractivity contribution >= 4 is 16.9 Å². The van der Waals surface area contributed by atoms with Gasteiger partial charge < -0.3 is 24.9 Å². The van der Waals surface area contributed by atoms with Gasteiger partial charge in [0.15, 0.2) is 6.61 Å². The molecule has 3 aromatic rings. The summed E-state index contributed by atoms with van der Waals surface area (Å²) in [5, 5.41) is 19.2. The first kappa shape index (κ1) is 19.1. The molecule has 0 fully saturated rings. The fourth-order valence-electron chi connectivity index (χ4n) is 3.66. The number of pyridine rings is 1. The molecule has 0 amide bonds. The Balaban J connectivity index is 1.91. The van der Waals surface area contributed by atoms with Crippen molar-refractivity contribution in [1.29, 1.82) is 5.26 Å². The highest BCUT2D eigenvalue weighted by atomic mass is 16.5. The predicted octanol–water partition coefficient (Wildman–Crippen LogP) is 2.22. The van der Waals surface area contributed by atoms with Crippen LogP contribution in [0.25, 0.3) is 10.9 Å². The Bertz CT molecular complexity index is 1300. The van der Waals surface area contributed by atoms with E-state index in [0.29, 0.717) is 33.5 Å². The molecule has 2 aromatic carbocycles. The maximum Gasteiger partial charge on any atom is 0.341 e. The monoisotopic (exact) mass is 403 g/mol. The van der Waals surface area contributed by atoms with Gasteiger partial charge >= 0.3 is 5.97 Å². The maximum atomic E-state index is 13.2. The van der Waals surface area contributed by atoms with Gasteiger partial charge in [0.25, 0.3) is 5.56 Å². The number of aliphatic carboxylic acids is 1. The van der Waals surface area contributed by atoms with Gasteiger partial charge in [0.1, 0.15) is 23.1 Å². The van der Waals surface area contributed by atoms with Crippen molar-refractivity contribution < 1.29 is 19.4 Å². The van der Waals surface area contributed by atoms with Gasteiger partial charge in [-0.25, -0.2) is 4.79 Å². The van der Waals surface area contributed by atoms with Gasteiger partial charge in [-0.15, -0.1) is 0 Å². The minimum Gasteiger partial charge on any atom is -0.482 e. The van der Waals surface area contributed by atoms with E-state index in [1.54, 1.807) is 31.3 Å². The van der Waals surface area contributed by atoms with Crippen LogP contribution in [0.2, 0.25) is 0 Å². The SMILES string of the molecule is Cn1c(=O)c2c(c3ccccc31)OC(N)=C(C#N)[C@H]2c1ccc(OCC(=O)O)cc1. The third-order valence-electron chi connectivity index (χ3n) is 5.04. The molecule has 1 aromatic heterocycles. The minimum atomic E-state index is -1.09. The highest BCUT2D eigenvalue weighted by molar-refractivity contribution is 5.88. The van der Waals surface area contributed by atoms with E-state index in [9.17, 15) is 14.9 Å². The first-order chi connectivity index (χ1) is 14.4. The van der Waals surface area contributed by atoms with Crippen molar-refractivity contribution in [2.45, 2.75) is 5.92 Å². The van der Waals surface area contributed by atoms with Crippen LogP contribution in [-0.4, -0.2) is 22.2 Å². The molecule has 1 aliphatic heterocycles. The summed E-state index contributed by atoms with van der Waals surface area (Å²) in [6.45, 7) is -0.470. The number of aryl methyl sites for hydroxylation is 1. The van der Waals surface area contributed by atoms with E-state index >= 15 is 0 Å². The Morgan fingerprint density at radius 1 is 1.27 bits per heavy atom. The standard InChI is InChI=1S/C22H17N3O5/c1-25-16-5-3-2-4-14(16)20-19(22(25)28)18(15(10-23)21(24)30-20)12-6-8-13(9-7-12)29-11-17(26)27/h2-9,18H,11,24H2,1H3,(H,26,27)/t18-/m1/s1. The fourth-order valence-corrected chi connectivity index (χ4v) is 3.66. The Morgan fingerprint density at radius 3 is 2.63 bits per heavy atom. The van der Waals surface area contributed by atoms with Gasteiger partial charge in [0.05, 0.1) is 17.0 Å². The van der Waals surface area contributed by atoms with Crippen LogP contribution in [-0.2, 0) is 11.8 Å². The Labute approximate surface area is 171 Å². The molecule has 1 atom stereocenters. The van der Waals surface area contributed by atoms with Gasteiger partial charge in [-0.2, -0.15) is 5.26 Å². The summed E-state index contributed by atoms with van der Waals surface area (Å²) < 4.78 is 12.4. The number of rotatable bonds is 4. The number of benzene rings is 2. The van der Waals surface area contributed by atoms with E-state index in [0.717, 1.165) is 0 Å². The molecule has 2 heterocycles. The van der Waals surface area contributed by atoms with Crippen molar-refractivity contribution in [2.24, 2.45) is 12.8 Å². The molecule has 0 saturated carbocycles. The second-order valence-electron chi connectivity index (χ2n) is 6.80. The van der Waals surface area contributed by atoms with Crippen LogP contribution in [0.15, 0.2) is 64.8 Å². The zero-order valence-electron chi connectivity index (χ0n) is 16.0. The highest BCUT2D eigenvalue weighted by Crippen LogP contribution is 2.43. The van der Waals surface area contributed by atoms with Crippen molar-refractivity contribution in [1.82, 2.24) is 4.57 Å². The van der Waals surface area contributed by atoms with Crippen LogP contribution in [0.5, 0.6) is 11.5 Å². The lowest BCUT2D eigenvalue weighted by molar-refractivity contribution is -0.139. The Kier molecular flexibility index (Phi) is 4.64. The molecule has 0 unspecified atom stereocenters. The summed E-state index contributed by atoms with van der Waals surface area (Å²) in [5.74, 6) is -1.18. The van der Waals surface area contributed by atoms with Crippen LogP contribution >= 0.6 is 0 Å². The van der Waals surface area contributed by atoms with Crippen molar-refractivity contribution in [3.63, 3.8) is 0 Å². The summed E-state index contributed by atoms with van der Waals surface area (Å²) in [7, 11) is 1.67. The van der Waals surface area contributed by atoms with Crippen molar-refractivity contribution in [3.05, 3.63) is 81.5 Å². The summed E-state index contributed by atoms with van der Waals surface area (Å²) in [6.07, 6.45) is 0. The lowest BCUT2D eigenvalue weighted by Crippen LogP contribution is -2.31. The number of hydrogen-bond acceptors (Lipinski definition) is 6. The second-order valence-corrected chi connectivity index (χ2v) is 6.80. The Hall–Kier alpha value is -4.25. The summed E-state index contributed by atoms with van der Waals surface area (Å²) in [6, 6.07) is 15.9. The minimum absolute atomic E-state index is 0.0559. The number of carboxylic acid groups (broad SMARTS) is 1. The molecular weight excluding hydrogens is 386 g/mol. The van der Waals surface area contributed by atoms with E-state index < -0.39 is 18.5 Å². The molecular formula is C22H17N3O5. The molecule has 0 saturated heterocycles. The van der Waals surface area contributed by atoms with Crippen molar-refractivity contribution in [3.8, 4) is 17.6 Å². The number of ether oxygens (including phenoxy) is 2. The first-order valence-corrected chi connectivity index (χ1v) is 9.06. The third kappa shape index (κ3) is 3.02. The highest BCUT2D eigenvalue weighted by Gasteiger charge is 2.35. The van der Waals surface area contributed by atoms with Gasteiger partial charge in [-0.05, 0) is 29.8 Å².